The van der Waals surface area contributed by atoms with Gasteiger partial charge in [0.1, 0.15) is 0 Å². The zero-order chi connectivity index (χ0) is 12.5. The molecule has 0 spiro atoms. The van der Waals surface area contributed by atoms with Crippen LogP contribution >= 0.6 is 23.7 Å². The number of hydrogen-bond donors (Lipinski definition) is 2. The molecule has 0 fully saturated rings. The Morgan fingerprint density at radius 1 is 1.28 bits per heavy atom. The molecular weight excluding hydrogens is 272 g/mol. The van der Waals surface area contributed by atoms with E-state index in [0.717, 1.165) is 17.8 Å². The third kappa shape index (κ3) is 6.74. The molecule has 1 rings (SSSR count). The van der Waals surface area contributed by atoms with Crippen LogP contribution in [0.3, 0.4) is 0 Å². The summed E-state index contributed by atoms with van der Waals surface area (Å²) in [5.41, 5.74) is 0. The maximum absolute atomic E-state index is 11.6. The molecule has 1 heterocycles. The highest BCUT2D eigenvalue weighted by atomic mass is 35.5. The normalized spacial score (nSPS) is 9.61. The fourth-order valence-electron chi connectivity index (χ4n) is 1.37. The third-order valence-electron chi connectivity index (χ3n) is 2.30. The average molecular weight is 291 g/mol. The maximum atomic E-state index is 11.6. The van der Waals surface area contributed by atoms with Crippen LogP contribution in [0, 0.1) is 0 Å². The molecule has 6 heteroatoms. The maximum Gasteiger partial charge on any atom is 0.220 e. The van der Waals surface area contributed by atoms with Crippen LogP contribution in [0.1, 0.15) is 28.9 Å². The molecule has 0 saturated heterocycles. The molecule has 18 heavy (non-hydrogen) atoms. The fourth-order valence-corrected chi connectivity index (χ4v) is 2.06. The van der Waals surface area contributed by atoms with Gasteiger partial charge in [-0.15, -0.1) is 23.7 Å². The predicted octanol–water partition coefficient (Wildman–Crippen LogP) is 1.86. The van der Waals surface area contributed by atoms with Gasteiger partial charge < -0.3 is 10.6 Å². The van der Waals surface area contributed by atoms with Crippen LogP contribution in [0.4, 0.5) is 0 Å². The van der Waals surface area contributed by atoms with E-state index in [1.165, 1.54) is 11.3 Å². The monoisotopic (exact) mass is 290 g/mol. The molecule has 0 unspecified atom stereocenters. The van der Waals surface area contributed by atoms with Crippen molar-refractivity contribution in [1.82, 2.24) is 10.6 Å². The Hall–Kier alpha value is -0.910. The van der Waals surface area contributed by atoms with Crippen LogP contribution in [-0.4, -0.2) is 31.8 Å². The van der Waals surface area contributed by atoms with Crippen LogP contribution < -0.4 is 10.6 Å². The molecule has 1 aromatic rings. The van der Waals surface area contributed by atoms with Crippen LogP contribution in [-0.2, 0) is 4.79 Å². The Balaban J connectivity index is 0.00000289. The average Bonchev–Trinajstić information content (AvgIpc) is 2.85. The van der Waals surface area contributed by atoms with Crippen LogP contribution in [0.25, 0.3) is 0 Å². The van der Waals surface area contributed by atoms with E-state index in [-0.39, 0.29) is 30.5 Å². The molecule has 0 bridgehead atoms. The molecule has 0 aromatic carbocycles. The zero-order valence-corrected chi connectivity index (χ0v) is 12.0. The third-order valence-corrected chi connectivity index (χ3v) is 3.21. The minimum atomic E-state index is -0.0500. The Morgan fingerprint density at radius 3 is 2.67 bits per heavy atom. The van der Waals surface area contributed by atoms with Crippen LogP contribution in [0.15, 0.2) is 17.5 Å². The van der Waals surface area contributed by atoms with Crippen molar-refractivity contribution in [3.8, 4) is 0 Å². The summed E-state index contributed by atoms with van der Waals surface area (Å²) in [5.74, 6) is -0.00335. The molecule has 0 radical (unpaired) electrons. The van der Waals surface area contributed by atoms with Gasteiger partial charge >= 0.3 is 0 Å². The van der Waals surface area contributed by atoms with Crippen molar-refractivity contribution in [3.63, 3.8) is 0 Å². The van der Waals surface area contributed by atoms with E-state index in [0.29, 0.717) is 13.0 Å². The van der Waals surface area contributed by atoms with Gasteiger partial charge in [-0.3, -0.25) is 9.59 Å². The number of rotatable bonds is 8. The molecule has 4 nitrogen and oxygen atoms in total. The second-order valence-electron chi connectivity index (χ2n) is 3.71. The lowest BCUT2D eigenvalue weighted by Crippen LogP contribution is -2.26. The number of carbonyl (C=O) groups excluding carboxylic acids is 2. The second-order valence-corrected chi connectivity index (χ2v) is 4.66. The quantitative estimate of drug-likeness (QED) is 0.567. The lowest BCUT2D eigenvalue weighted by Gasteiger charge is -2.04. The summed E-state index contributed by atoms with van der Waals surface area (Å²) < 4.78 is 0. The topological polar surface area (TPSA) is 58.2 Å². The van der Waals surface area contributed by atoms with Gasteiger partial charge in [0.05, 0.1) is 4.88 Å². The molecule has 0 atom stereocenters. The molecule has 1 aromatic heterocycles. The number of halogens is 1. The summed E-state index contributed by atoms with van der Waals surface area (Å²) in [6, 6.07) is 3.63. The number of hydrogen-bond acceptors (Lipinski definition) is 4. The first-order valence-corrected chi connectivity index (χ1v) is 6.60. The molecular formula is C12H19ClN2O2S. The largest absolute Gasteiger partial charge is 0.356 e. The van der Waals surface area contributed by atoms with Crippen molar-refractivity contribution in [2.45, 2.75) is 19.3 Å². The SMILES string of the molecule is CNCCCNC(=O)CCC(=O)c1cccs1.Cl. The van der Waals surface area contributed by atoms with Gasteiger partial charge in [-0.05, 0) is 31.5 Å². The van der Waals surface area contributed by atoms with E-state index in [1.807, 2.05) is 18.5 Å². The van der Waals surface area contributed by atoms with E-state index in [9.17, 15) is 9.59 Å². The summed E-state index contributed by atoms with van der Waals surface area (Å²) >= 11 is 1.42. The van der Waals surface area contributed by atoms with Crippen molar-refractivity contribution in [2.75, 3.05) is 20.1 Å². The molecule has 0 aliphatic carbocycles. The summed E-state index contributed by atoms with van der Waals surface area (Å²) in [5, 5.41) is 7.66. The Bertz CT molecular complexity index is 355. The number of carbonyl (C=O) groups is 2. The van der Waals surface area contributed by atoms with Gasteiger partial charge in [-0.25, -0.2) is 0 Å². The Labute approximate surface area is 118 Å². The van der Waals surface area contributed by atoms with Crippen molar-refractivity contribution in [1.29, 1.82) is 0 Å². The van der Waals surface area contributed by atoms with E-state index in [4.69, 9.17) is 0 Å². The molecule has 0 saturated carbocycles. The van der Waals surface area contributed by atoms with E-state index >= 15 is 0 Å². The summed E-state index contributed by atoms with van der Waals surface area (Å²) in [4.78, 5) is 23.7. The van der Waals surface area contributed by atoms with Gasteiger partial charge in [0, 0.05) is 19.4 Å². The lowest BCUT2D eigenvalue weighted by molar-refractivity contribution is -0.121. The number of nitrogens with one attached hydrogen (secondary N) is 2. The van der Waals surface area contributed by atoms with Crippen LogP contribution in [0.2, 0.25) is 0 Å². The van der Waals surface area contributed by atoms with Gasteiger partial charge in [0.25, 0.3) is 0 Å². The van der Waals surface area contributed by atoms with Gasteiger partial charge in [0.2, 0.25) is 5.91 Å². The zero-order valence-electron chi connectivity index (χ0n) is 10.4. The smallest absolute Gasteiger partial charge is 0.220 e. The summed E-state index contributed by atoms with van der Waals surface area (Å²) in [7, 11) is 1.88. The lowest BCUT2D eigenvalue weighted by atomic mass is 10.2. The van der Waals surface area contributed by atoms with Crippen molar-refractivity contribution < 1.29 is 9.59 Å². The number of Topliss-reactive ketones (excluding diaryl/α,β-unsaturated/α-hetero) is 1. The first kappa shape index (κ1) is 17.1. The van der Waals surface area contributed by atoms with Gasteiger partial charge in [-0.1, -0.05) is 6.07 Å². The minimum Gasteiger partial charge on any atom is -0.356 e. The van der Waals surface area contributed by atoms with Crippen molar-refractivity contribution >= 4 is 35.4 Å². The summed E-state index contributed by atoms with van der Waals surface area (Å²) in [6.45, 7) is 1.54. The highest BCUT2D eigenvalue weighted by Crippen LogP contribution is 2.12. The van der Waals surface area contributed by atoms with Crippen molar-refractivity contribution in [3.05, 3.63) is 22.4 Å². The number of thiophene rings is 1. The standard InChI is InChI=1S/C12H18N2O2S.ClH/c1-13-7-3-8-14-12(16)6-5-10(15)11-4-2-9-17-11;/h2,4,9,13H,3,5-8H2,1H3,(H,14,16);1H. The molecule has 1 amide bonds. The molecule has 102 valence electrons. The van der Waals surface area contributed by atoms with E-state index in [1.54, 1.807) is 6.07 Å². The summed E-state index contributed by atoms with van der Waals surface area (Å²) in [6.07, 6.45) is 1.47. The minimum absolute atomic E-state index is 0. The predicted molar refractivity (Wildman–Crippen MR) is 76.7 cm³/mol. The van der Waals surface area contributed by atoms with E-state index < -0.39 is 0 Å². The first-order chi connectivity index (χ1) is 8.24. The Kier molecular flexibility index (Phi) is 9.55. The second kappa shape index (κ2) is 10.1. The van der Waals surface area contributed by atoms with Crippen LogP contribution in [0.5, 0.6) is 0 Å². The molecule has 0 aliphatic heterocycles. The van der Waals surface area contributed by atoms with Gasteiger partial charge in [-0.2, -0.15) is 0 Å². The highest BCUT2D eigenvalue weighted by molar-refractivity contribution is 7.12. The Morgan fingerprint density at radius 2 is 2.06 bits per heavy atom. The number of amides is 1. The fraction of sp³-hybridized carbons (Fsp3) is 0.500. The van der Waals surface area contributed by atoms with Gasteiger partial charge in [0.15, 0.2) is 5.78 Å². The molecule has 0 aliphatic rings. The van der Waals surface area contributed by atoms with E-state index in [2.05, 4.69) is 10.6 Å². The van der Waals surface area contributed by atoms with Crippen molar-refractivity contribution in [2.24, 2.45) is 0 Å². The number of ketones is 1. The first-order valence-electron chi connectivity index (χ1n) is 5.72. The molecule has 2 N–H and O–H groups in total. The highest BCUT2D eigenvalue weighted by Gasteiger charge is 2.09.